The third kappa shape index (κ3) is 3.20. The van der Waals surface area contributed by atoms with Crippen molar-refractivity contribution < 1.29 is 9.59 Å². The van der Waals surface area contributed by atoms with Crippen LogP contribution < -0.4 is 10.6 Å². The molecule has 1 aliphatic heterocycles. The van der Waals surface area contributed by atoms with Gasteiger partial charge in [0.2, 0.25) is 11.8 Å². The normalized spacial score (nSPS) is 23.4. The molecule has 1 saturated heterocycles. The molecule has 0 bridgehead atoms. The van der Waals surface area contributed by atoms with E-state index >= 15 is 0 Å². The molecule has 0 radical (unpaired) electrons. The fourth-order valence-electron chi connectivity index (χ4n) is 1.78. The molecule has 1 heterocycles. The van der Waals surface area contributed by atoms with Gasteiger partial charge in [0.1, 0.15) is 6.04 Å². The van der Waals surface area contributed by atoms with Gasteiger partial charge in [0.05, 0.1) is 0 Å². The molecule has 1 unspecified atom stereocenters. The zero-order valence-electron chi connectivity index (χ0n) is 9.54. The standard InChI is InChI=1S/C10H19N3O2/c1-7-6-11-4-5-13(7)10(15)8(2)12-9(3)14/h7-8,11H,4-6H2,1-3H3,(H,12,14)/t7-,8?/m1/s1. The number of piperazine rings is 1. The summed E-state index contributed by atoms with van der Waals surface area (Å²) in [6.07, 6.45) is 0. The van der Waals surface area contributed by atoms with Crippen LogP contribution in [0.25, 0.3) is 0 Å². The molecule has 2 atom stereocenters. The van der Waals surface area contributed by atoms with Crippen molar-refractivity contribution in [2.45, 2.75) is 32.9 Å². The molecule has 0 aromatic carbocycles. The summed E-state index contributed by atoms with van der Waals surface area (Å²) >= 11 is 0. The Kier molecular flexibility index (Phi) is 4.08. The van der Waals surface area contributed by atoms with E-state index in [0.717, 1.165) is 13.1 Å². The van der Waals surface area contributed by atoms with Gasteiger partial charge < -0.3 is 15.5 Å². The van der Waals surface area contributed by atoms with Crippen LogP contribution in [0.3, 0.4) is 0 Å². The van der Waals surface area contributed by atoms with Crippen molar-refractivity contribution in [2.75, 3.05) is 19.6 Å². The average Bonchev–Trinajstić information content (AvgIpc) is 2.16. The van der Waals surface area contributed by atoms with Crippen LogP contribution in [0.1, 0.15) is 20.8 Å². The number of nitrogens with zero attached hydrogens (tertiary/aromatic N) is 1. The molecular weight excluding hydrogens is 194 g/mol. The van der Waals surface area contributed by atoms with Crippen molar-refractivity contribution in [3.8, 4) is 0 Å². The quantitative estimate of drug-likeness (QED) is 0.639. The minimum absolute atomic E-state index is 0.000741. The molecule has 86 valence electrons. The summed E-state index contributed by atoms with van der Waals surface area (Å²) < 4.78 is 0. The van der Waals surface area contributed by atoms with Crippen LogP contribution in [0, 0.1) is 0 Å². The van der Waals surface area contributed by atoms with Crippen LogP contribution in [0.15, 0.2) is 0 Å². The van der Waals surface area contributed by atoms with Crippen molar-refractivity contribution in [3.63, 3.8) is 0 Å². The molecule has 5 heteroatoms. The van der Waals surface area contributed by atoms with Crippen molar-refractivity contribution in [1.82, 2.24) is 15.5 Å². The van der Waals surface area contributed by atoms with Gasteiger partial charge in [-0.2, -0.15) is 0 Å². The molecule has 0 saturated carbocycles. The second-order valence-corrected chi connectivity index (χ2v) is 4.01. The maximum absolute atomic E-state index is 11.9. The zero-order chi connectivity index (χ0) is 11.4. The van der Waals surface area contributed by atoms with E-state index in [1.807, 2.05) is 11.8 Å². The van der Waals surface area contributed by atoms with Crippen LogP contribution in [-0.2, 0) is 9.59 Å². The Labute approximate surface area is 90.2 Å². The Hall–Kier alpha value is -1.10. The number of nitrogens with one attached hydrogen (secondary N) is 2. The molecule has 1 aliphatic rings. The van der Waals surface area contributed by atoms with E-state index in [2.05, 4.69) is 10.6 Å². The molecule has 1 rings (SSSR count). The molecule has 2 N–H and O–H groups in total. The van der Waals surface area contributed by atoms with E-state index in [9.17, 15) is 9.59 Å². The highest BCUT2D eigenvalue weighted by atomic mass is 16.2. The maximum atomic E-state index is 11.9. The number of hydrogen-bond acceptors (Lipinski definition) is 3. The van der Waals surface area contributed by atoms with Gasteiger partial charge in [-0.05, 0) is 13.8 Å². The lowest BCUT2D eigenvalue weighted by Crippen LogP contribution is -2.57. The average molecular weight is 213 g/mol. The minimum Gasteiger partial charge on any atom is -0.345 e. The van der Waals surface area contributed by atoms with Crippen LogP contribution in [0.4, 0.5) is 0 Å². The van der Waals surface area contributed by atoms with Crippen LogP contribution in [0.5, 0.6) is 0 Å². The van der Waals surface area contributed by atoms with Crippen molar-refractivity contribution in [2.24, 2.45) is 0 Å². The molecule has 0 aromatic heterocycles. The second-order valence-electron chi connectivity index (χ2n) is 4.01. The van der Waals surface area contributed by atoms with Gasteiger partial charge in [0.15, 0.2) is 0 Å². The number of amides is 2. The summed E-state index contributed by atoms with van der Waals surface area (Å²) in [4.78, 5) is 24.6. The van der Waals surface area contributed by atoms with Crippen LogP contribution >= 0.6 is 0 Å². The predicted molar refractivity (Wildman–Crippen MR) is 57.3 cm³/mol. The van der Waals surface area contributed by atoms with Crippen molar-refractivity contribution in [3.05, 3.63) is 0 Å². The molecule has 2 amide bonds. The van der Waals surface area contributed by atoms with Gasteiger partial charge in [-0.25, -0.2) is 0 Å². The zero-order valence-corrected chi connectivity index (χ0v) is 9.54. The van der Waals surface area contributed by atoms with Gasteiger partial charge in [-0.3, -0.25) is 9.59 Å². The Morgan fingerprint density at radius 3 is 2.73 bits per heavy atom. The van der Waals surface area contributed by atoms with E-state index in [-0.39, 0.29) is 17.9 Å². The first-order valence-electron chi connectivity index (χ1n) is 5.30. The highest BCUT2D eigenvalue weighted by Gasteiger charge is 2.26. The number of rotatable bonds is 2. The fraction of sp³-hybridized carbons (Fsp3) is 0.800. The predicted octanol–water partition coefficient (Wildman–Crippen LogP) is -0.669. The first-order valence-corrected chi connectivity index (χ1v) is 5.30. The van der Waals surface area contributed by atoms with Crippen LogP contribution in [0.2, 0.25) is 0 Å². The van der Waals surface area contributed by atoms with Gasteiger partial charge in [-0.15, -0.1) is 0 Å². The molecule has 0 spiro atoms. The van der Waals surface area contributed by atoms with Crippen molar-refractivity contribution in [1.29, 1.82) is 0 Å². The smallest absolute Gasteiger partial charge is 0.245 e. The molecule has 0 aromatic rings. The van der Waals surface area contributed by atoms with Gasteiger partial charge in [0, 0.05) is 32.6 Å². The lowest BCUT2D eigenvalue weighted by Gasteiger charge is -2.35. The first kappa shape index (κ1) is 12.0. The second kappa shape index (κ2) is 5.11. The summed E-state index contributed by atoms with van der Waals surface area (Å²) in [5.41, 5.74) is 0. The van der Waals surface area contributed by atoms with E-state index in [1.165, 1.54) is 6.92 Å². The molecule has 0 aliphatic carbocycles. The van der Waals surface area contributed by atoms with Gasteiger partial charge in [-0.1, -0.05) is 0 Å². The van der Waals surface area contributed by atoms with E-state index in [0.29, 0.717) is 6.54 Å². The largest absolute Gasteiger partial charge is 0.345 e. The summed E-state index contributed by atoms with van der Waals surface area (Å²) in [7, 11) is 0. The maximum Gasteiger partial charge on any atom is 0.245 e. The molecule has 15 heavy (non-hydrogen) atoms. The molecular formula is C10H19N3O2. The third-order valence-electron chi connectivity index (χ3n) is 2.57. The van der Waals surface area contributed by atoms with Gasteiger partial charge in [0.25, 0.3) is 0 Å². The number of hydrogen-bond donors (Lipinski definition) is 2. The van der Waals surface area contributed by atoms with E-state index in [1.54, 1.807) is 6.92 Å². The summed E-state index contributed by atoms with van der Waals surface area (Å²) in [5.74, 6) is -0.169. The topological polar surface area (TPSA) is 61.4 Å². The Bertz CT molecular complexity index is 255. The highest BCUT2D eigenvalue weighted by molar-refractivity contribution is 5.86. The third-order valence-corrected chi connectivity index (χ3v) is 2.57. The number of carbonyl (C=O) groups excluding carboxylic acids is 2. The fourth-order valence-corrected chi connectivity index (χ4v) is 1.78. The lowest BCUT2D eigenvalue weighted by atomic mass is 10.2. The first-order chi connectivity index (χ1) is 7.02. The monoisotopic (exact) mass is 213 g/mol. The van der Waals surface area contributed by atoms with E-state index < -0.39 is 6.04 Å². The number of carbonyl (C=O) groups is 2. The highest BCUT2D eigenvalue weighted by Crippen LogP contribution is 2.04. The van der Waals surface area contributed by atoms with Gasteiger partial charge >= 0.3 is 0 Å². The summed E-state index contributed by atoms with van der Waals surface area (Å²) in [6.45, 7) is 7.50. The summed E-state index contributed by atoms with van der Waals surface area (Å²) in [5, 5.41) is 5.83. The SMILES string of the molecule is CC(=O)NC(C)C(=O)N1CCNC[C@H]1C. The Morgan fingerprint density at radius 2 is 2.20 bits per heavy atom. The summed E-state index contributed by atoms with van der Waals surface area (Å²) in [6, 6.07) is -0.231. The van der Waals surface area contributed by atoms with E-state index in [4.69, 9.17) is 0 Å². The van der Waals surface area contributed by atoms with Crippen LogP contribution in [-0.4, -0.2) is 48.4 Å². The molecule has 5 nitrogen and oxygen atoms in total. The minimum atomic E-state index is -0.428. The lowest BCUT2D eigenvalue weighted by molar-refractivity contribution is -0.138. The van der Waals surface area contributed by atoms with Crippen molar-refractivity contribution >= 4 is 11.8 Å². The molecule has 1 fully saturated rings. The Balaban J connectivity index is 2.54. The Morgan fingerprint density at radius 1 is 1.53 bits per heavy atom.